The first-order chi connectivity index (χ1) is 11.0. The smallest absolute Gasteiger partial charge is 0.260 e. The van der Waals surface area contributed by atoms with Gasteiger partial charge in [-0.1, -0.05) is 26.0 Å². The summed E-state index contributed by atoms with van der Waals surface area (Å²) in [6, 6.07) is 9.32. The normalized spacial score (nSPS) is 10.3. The monoisotopic (exact) mass is 329 g/mol. The average Bonchev–Trinajstić information content (AvgIpc) is 2.54. The van der Waals surface area contributed by atoms with Gasteiger partial charge in [-0.2, -0.15) is 12.6 Å². The van der Waals surface area contributed by atoms with Gasteiger partial charge in [0.1, 0.15) is 5.75 Å². The number of hydrogen-bond donors (Lipinski definition) is 2. The number of thiol groups is 1. The molecule has 1 aromatic carbocycles. The molecule has 0 spiro atoms. The van der Waals surface area contributed by atoms with Crippen molar-refractivity contribution in [1.29, 1.82) is 0 Å². The summed E-state index contributed by atoms with van der Waals surface area (Å²) in [5.74, 6) is 0.772. The Morgan fingerprint density at radius 1 is 1.13 bits per heavy atom. The molecule has 2 heterocycles. The molecule has 1 N–H and O–H groups in total. The van der Waals surface area contributed by atoms with E-state index in [-0.39, 0.29) is 5.56 Å². The van der Waals surface area contributed by atoms with E-state index in [9.17, 15) is 4.79 Å². The van der Waals surface area contributed by atoms with E-state index in [0.717, 1.165) is 16.9 Å². The number of pyridine rings is 1. The standard InChI is InChI=1S/C14H11N3O2.C3H8S/c1-19-10-4-2-9(3-5-10)11-6-7-15-13-12(11)14(18)17-8-16-13;1-3(2)4/h2-8H,1H3,(H,15,16,17,18);3-4H,1-2H3. The molecule has 0 bridgehead atoms. The lowest BCUT2D eigenvalue weighted by molar-refractivity contribution is 0.415. The average molecular weight is 329 g/mol. The van der Waals surface area contributed by atoms with Crippen LogP contribution >= 0.6 is 12.6 Å². The second kappa shape index (κ2) is 7.78. The minimum Gasteiger partial charge on any atom is -0.497 e. The van der Waals surface area contributed by atoms with Crippen molar-refractivity contribution in [3.63, 3.8) is 0 Å². The number of methoxy groups -OCH3 is 1. The number of aromatic nitrogens is 3. The summed E-state index contributed by atoms with van der Waals surface area (Å²) in [5.41, 5.74) is 1.98. The van der Waals surface area contributed by atoms with Crippen LogP contribution < -0.4 is 10.3 Å². The molecule has 0 unspecified atom stereocenters. The van der Waals surface area contributed by atoms with Crippen LogP contribution in [0.1, 0.15) is 13.8 Å². The summed E-state index contributed by atoms with van der Waals surface area (Å²) in [6.07, 6.45) is 3.00. The molecule has 0 aliphatic carbocycles. The van der Waals surface area contributed by atoms with Crippen LogP contribution in [0.15, 0.2) is 47.7 Å². The Hall–Kier alpha value is -2.34. The maximum atomic E-state index is 11.9. The maximum absolute atomic E-state index is 11.9. The molecule has 6 heteroatoms. The molecule has 0 radical (unpaired) electrons. The minimum absolute atomic E-state index is 0.191. The summed E-state index contributed by atoms with van der Waals surface area (Å²) >= 11 is 3.97. The zero-order valence-corrected chi connectivity index (χ0v) is 14.2. The van der Waals surface area contributed by atoms with Crippen LogP contribution in [0.2, 0.25) is 0 Å². The van der Waals surface area contributed by atoms with Gasteiger partial charge >= 0.3 is 0 Å². The van der Waals surface area contributed by atoms with Crippen molar-refractivity contribution in [2.45, 2.75) is 19.1 Å². The van der Waals surface area contributed by atoms with Crippen LogP contribution in [0.3, 0.4) is 0 Å². The molecule has 5 nitrogen and oxygen atoms in total. The number of nitrogens with zero attached hydrogens (tertiary/aromatic N) is 2. The van der Waals surface area contributed by atoms with E-state index in [0.29, 0.717) is 16.3 Å². The van der Waals surface area contributed by atoms with Gasteiger partial charge in [0.15, 0.2) is 5.65 Å². The molecule has 0 fully saturated rings. The van der Waals surface area contributed by atoms with E-state index >= 15 is 0 Å². The van der Waals surface area contributed by atoms with Crippen molar-refractivity contribution in [2.24, 2.45) is 0 Å². The molecule has 0 saturated heterocycles. The lowest BCUT2D eigenvalue weighted by Crippen LogP contribution is -2.08. The van der Waals surface area contributed by atoms with Gasteiger partial charge in [-0.3, -0.25) is 4.79 Å². The van der Waals surface area contributed by atoms with Crippen molar-refractivity contribution in [3.05, 3.63) is 53.2 Å². The van der Waals surface area contributed by atoms with Gasteiger partial charge in [0.05, 0.1) is 18.8 Å². The summed E-state index contributed by atoms with van der Waals surface area (Å²) in [6.45, 7) is 4.06. The van der Waals surface area contributed by atoms with E-state index in [2.05, 4.69) is 27.6 Å². The van der Waals surface area contributed by atoms with E-state index < -0.39 is 0 Å². The molecule has 2 aromatic heterocycles. The van der Waals surface area contributed by atoms with Gasteiger partial charge in [0, 0.05) is 6.20 Å². The molecular weight excluding hydrogens is 310 g/mol. The molecule has 0 amide bonds. The first-order valence-corrected chi connectivity index (χ1v) is 7.69. The Bertz CT molecular complexity index is 821. The summed E-state index contributed by atoms with van der Waals surface area (Å²) in [7, 11) is 1.62. The van der Waals surface area contributed by atoms with Crippen LogP contribution in [0.25, 0.3) is 22.2 Å². The number of hydrogen-bond acceptors (Lipinski definition) is 5. The van der Waals surface area contributed by atoms with E-state index in [1.54, 1.807) is 19.4 Å². The van der Waals surface area contributed by atoms with Gasteiger partial charge in [0.25, 0.3) is 5.56 Å². The summed E-state index contributed by atoms with van der Waals surface area (Å²) in [5, 5.41) is 1.02. The van der Waals surface area contributed by atoms with Gasteiger partial charge in [-0.15, -0.1) is 0 Å². The fourth-order valence-corrected chi connectivity index (χ4v) is 2.01. The maximum Gasteiger partial charge on any atom is 0.260 e. The summed E-state index contributed by atoms with van der Waals surface area (Å²) in [4.78, 5) is 22.7. The number of H-pyrrole nitrogens is 1. The zero-order chi connectivity index (χ0) is 16.8. The molecule has 0 aliphatic rings. The second-order valence-electron chi connectivity index (χ2n) is 5.11. The van der Waals surface area contributed by atoms with Crippen LogP contribution in [-0.2, 0) is 0 Å². The number of rotatable bonds is 2. The molecule has 23 heavy (non-hydrogen) atoms. The molecule has 120 valence electrons. The third-order valence-corrected chi connectivity index (χ3v) is 2.94. The molecule has 3 aromatic rings. The van der Waals surface area contributed by atoms with Crippen LogP contribution in [0.5, 0.6) is 5.75 Å². The molecule has 0 saturated carbocycles. The summed E-state index contributed by atoms with van der Waals surface area (Å²) < 4.78 is 5.12. The van der Waals surface area contributed by atoms with E-state index in [1.807, 2.05) is 38.1 Å². The third-order valence-electron chi connectivity index (χ3n) is 2.94. The van der Waals surface area contributed by atoms with Gasteiger partial charge in [0.2, 0.25) is 0 Å². The predicted molar refractivity (Wildman–Crippen MR) is 96.3 cm³/mol. The van der Waals surface area contributed by atoms with Crippen molar-refractivity contribution < 1.29 is 4.74 Å². The van der Waals surface area contributed by atoms with Crippen LogP contribution in [-0.4, -0.2) is 27.3 Å². The topological polar surface area (TPSA) is 67.9 Å². The highest BCUT2D eigenvalue weighted by atomic mass is 32.1. The van der Waals surface area contributed by atoms with Gasteiger partial charge in [-0.05, 0) is 34.6 Å². The van der Waals surface area contributed by atoms with Crippen LogP contribution in [0, 0.1) is 0 Å². The fourth-order valence-electron chi connectivity index (χ4n) is 2.01. The molecule has 0 aliphatic heterocycles. The number of benzene rings is 1. The number of ether oxygens (including phenoxy) is 1. The van der Waals surface area contributed by atoms with Crippen LogP contribution in [0.4, 0.5) is 0 Å². The fraction of sp³-hybridized carbons (Fsp3) is 0.235. The zero-order valence-electron chi connectivity index (χ0n) is 13.3. The first-order valence-electron chi connectivity index (χ1n) is 7.18. The highest BCUT2D eigenvalue weighted by molar-refractivity contribution is 7.80. The van der Waals surface area contributed by atoms with Gasteiger partial charge < -0.3 is 9.72 Å². The largest absolute Gasteiger partial charge is 0.497 e. The molecule has 3 rings (SSSR count). The minimum atomic E-state index is -0.191. The number of fused-ring (bicyclic) bond motifs is 1. The van der Waals surface area contributed by atoms with Crippen molar-refractivity contribution in [1.82, 2.24) is 15.0 Å². The van der Waals surface area contributed by atoms with Gasteiger partial charge in [-0.25, -0.2) is 9.97 Å². The SMILES string of the molecule is CC(C)S.COc1ccc(-c2ccnc3nc[nH]c(=O)c23)cc1. The van der Waals surface area contributed by atoms with E-state index in [1.165, 1.54) is 6.33 Å². The number of aromatic amines is 1. The highest BCUT2D eigenvalue weighted by Gasteiger charge is 2.08. The second-order valence-corrected chi connectivity index (χ2v) is 6.14. The highest BCUT2D eigenvalue weighted by Crippen LogP contribution is 2.25. The Morgan fingerprint density at radius 3 is 2.39 bits per heavy atom. The van der Waals surface area contributed by atoms with E-state index in [4.69, 9.17) is 4.74 Å². The van der Waals surface area contributed by atoms with Crippen molar-refractivity contribution >= 4 is 23.7 Å². The molecule has 0 atom stereocenters. The Balaban J connectivity index is 0.000000433. The Labute approximate surface area is 140 Å². The Morgan fingerprint density at radius 2 is 1.78 bits per heavy atom. The lowest BCUT2D eigenvalue weighted by Gasteiger charge is -2.05. The quantitative estimate of drug-likeness (QED) is 0.708. The lowest BCUT2D eigenvalue weighted by atomic mass is 10.0. The van der Waals surface area contributed by atoms with Crippen molar-refractivity contribution in [2.75, 3.05) is 7.11 Å². The first kappa shape index (κ1) is 17.0. The van der Waals surface area contributed by atoms with Crippen molar-refractivity contribution in [3.8, 4) is 16.9 Å². The predicted octanol–water partition coefficient (Wildman–Crippen LogP) is 3.32. The Kier molecular flexibility index (Phi) is 5.76. The molecular formula is C17H19N3O2S. The third kappa shape index (κ3) is 4.32. The number of nitrogens with one attached hydrogen (secondary N) is 1.